The number of hydrogen-bond donors (Lipinski definition) is 1. The number of nitrogens with two attached hydrogens (primary N) is 1. The Morgan fingerprint density at radius 2 is 2.19 bits per heavy atom. The number of nitrogens with zero attached hydrogens (tertiary/aromatic N) is 2. The van der Waals surface area contributed by atoms with Crippen molar-refractivity contribution in [1.29, 1.82) is 0 Å². The van der Waals surface area contributed by atoms with E-state index in [1.807, 2.05) is 0 Å². The molecule has 2 aromatic rings. The molecular weight excluding hydrogens is 209 g/mol. The maximum absolute atomic E-state index is 13.1. The summed E-state index contributed by atoms with van der Waals surface area (Å²) in [6.07, 6.45) is 0. The Kier molecular flexibility index (Phi) is 2.70. The molecule has 2 rings (SSSR count). The molecule has 0 unspecified atom stereocenters. The van der Waals surface area contributed by atoms with Gasteiger partial charge in [-0.2, -0.15) is 4.98 Å². The SMILES string of the molecule is Cc1cc(-c2noc([C@H](C)N)n2)ccc1F. The molecule has 84 valence electrons. The van der Waals surface area contributed by atoms with Crippen molar-refractivity contribution in [2.75, 3.05) is 0 Å². The van der Waals surface area contributed by atoms with Crippen LogP contribution in [0.15, 0.2) is 22.7 Å². The third-order valence-corrected chi connectivity index (χ3v) is 2.25. The number of hydrogen-bond acceptors (Lipinski definition) is 4. The predicted molar refractivity (Wildman–Crippen MR) is 57.0 cm³/mol. The summed E-state index contributed by atoms with van der Waals surface area (Å²) in [7, 11) is 0. The summed E-state index contributed by atoms with van der Waals surface area (Å²) in [4.78, 5) is 4.13. The summed E-state index contributed by atoms with van der Waals surface area (Å²) in [5, 5.41) is 3.79. The molecule has 0 radical (unpaired) electrons. The van der Waals surface area contributed by atoms with Gasteiger partial charge in [0.25, 0.3) is 0 Å². The van der Waals surface area contributed by atoms with Gasteiger partial charge in [-0.3, -0.25) is 0 Å². The highest BCUT2D eigenvalue weighted by Crippen LogP contribution is 2.20. The fourth-order valence-electron chi connectivity index (χ4n) is 1.32. The third kappa shape index (κ3) is 1.94. The fourth-order valence-corrected chi connectivity index (χ4v) is 1.32. The lowest BCUT2D eigenvalue weighted by atomic mass is 10.1. The quantitative estimate of drug-likeness (QED) is 0.844. The van der Waals surface area contributed by atoms with E-state index < -0.39 is 0 Å². The Hall–Kier alpha value is -1.75. The van der Waals surface area contributed by atoms with Crippen LogP contribution in [0.25, 0.3) is 11.4 Å². The van der Waals surface area contributed by atoms with Gasteiger partial charge in [0.2, 0.25) is 11.7 Å². The molecule has 1 aromatic carbocycles. The first-order chi connectivity index (χ1) is 7.58. The molecule has 4 nitrogen and oxygen atoms in total. The molecule has 1 aromatic heterocycles. The third-order valence-electron chi connectivity index (χ3n) is 2.25. The number of rotatable bonds is 2. The van der Waals surface area contributed by atoms with E-state index in [9.17, 15) is 4.39 Å². The van der Waals surface area contributed by atoms with Crippen LogP contribution in [0.1, 0.15) is 24.4 Å². The lowest BCUT2D eigenvalue weighted by molar-refractivity contribution is 0.362. The Bertz CT molecular complexity index is 508. The van der Waals surface area contributed by atoms with E-state index in [1.165, 1.54) is 6.07 Å². The molecule has 2 N–H and O–H groups in total. The molecule has 0 aliphatic carbocycles. The van der Waals surface area contributed by atoms with Crippen LogP contribution in [0.5, 0.6) is 0 Å². The summed E-state index contributed by atoms with van der Waals surface area (Å²) < 4.78 is 18.0. The summed E-state index contributed by atoms with van der Waals surface area (Å²) in [6, 6.07) is 4.36. The van der Waals surface area contributed by atoms with Gasteiger partial charge in [-0.25, -0.2) is 4.39 Å². The van der Waals surface area contributed by atoms with Gasteiger partial charge in [0.15, 0.2) is 0 Å². The first-order valence-corrected chi connectivity index (χ1v) is 4.93. The summed E-state index contributed by atoms with van der Waals surface area (Å²) in [5.41, 5.74) is 6.87. The Morgan fingerprint density at radius 3 is 2.75 bits per heavy atom. The fraction of sp³-hybridized carbons (Fsp3) is 0.273. The molecule has 16 heavy (non-hydrogen) atoms. The van der Waals surface area contributed by atoms with Crippen LogP contribution in [-0.4, -0.2) is 10.1 Å². The van der Waals surface area contributed by atoms with E-state index in [4.69, 9.17) is 10.3 Å². The van der Waals surface area contributed by atoms with E-state index in [2.05, 4.69) is 10.1 Å². The molecule has 0 aliphatic heterocycles. The Morgan fingerprint density at radius 1 is 1.44 bits per heavy atom. The summed E-state index contributed by atoms with van der Waals surface area (Å²) in [6.45, 7) is 3.44. The van der Waals surface area contributed by atoms with Gasteiger partial charge in [0.05, 0.1) is 6.04 Å². The topological polar surface area (TPSA) is 64.9 Å². The van der Waals surface area contributed by atoms with Crippen molar-refractivity contribution in [3.05, 3.63) is 35.5 Å². The molecule has 0 spiro atoms. The van der Waals surface area contributed by atoms with Gasteiger partial charge in [-0.15, -0.1) is 0 Å². The van der Waals surface area contributed by atoms with Crippen LogP contribution >= 0.6 is 0 Å². The zero-order valence-electron chi connectivity index (χ0n) is 9.07. The van der Waals surface area contributed by atoms with Gasteiger partial charge < -0.3 is 10.3 Å². The van der Waals surface area contributed by atoms with E-state index >= 15 is 0 Å². The molecule has 0 fully saturated rings. The van der Waals surface area contributed by atoms with Gasteiger partial charge in [-0.1, -0.05) is 5.16 Å². The first kappa shape index (κ1) is 10.8. The van der Waals surface area contributed by atoms with Crippen molar-refractivity contribution in [1.82, 2.24) is 10.1 Å². The number of aromatic nitrogens is 2. The highest BCUT2D eigenvalue weighted by atomic mass is 19.1. The van der Waals surface area contributed by atoms with Crippen molar-refractivity contribution in [2.45, 2.75) is 19.9 Å². The van der Waals surface area contributed by atoms with Crippen molar-refractivity contribution in [3.63, 3.8) is 0 Å². The molecule has 5 heteroatoms. The largest absolute Gasteiger partial charge is 0.337 e. The van der Waals surface area contributed by atoms with E-state index in [0.29, 0.717) is 17.3 Å². The lowest BCUT2D eigenvalue weighted by Crippen LogP contribution is -2.04. The van der Waals surface area contributed by atoms with Crippen LogP contribution < -0.4 is 5.73 Å². The van der Waals surface area contributed by atoms with Gasteiger partial charge in [0.1, 0.15) is 5.82 Å². The molecule has 0 saturated carbocycles. The van der Waals surface area contributed by atoms with Crippen molar-refractivity contribution >= 4 is 0 Å². The highest BCUT2D eigenvalue weighted by Gasteiger charge is 2.12. The molecule has 0 amide bonds. The molecule has 0 bridgehead atoms. The maximum Gasteiger partial charge on any atom is 0.243 e. The minimum absolute atomic E-state index is 0.250. The molecule has 1 heterocycles. The van der Waals surface area contributed by atoms with E-state index in [-0.39, 0.29) is 11.9 Å². The van der Waals surface area contributed by atoms with Crippen LogP contribution in [0, 0.1) is 12.7 Å². The smallest absolute Gasteiger partial charge is 0.243 e. The first-order valence-electron chi connectivity index (χ1n) is 4.93. The average molecular weight is 221 g/mol. The molecular formula is C11H12FN3O. The minimum atomic E-state index is -0.303. The lowest BCUT2D eigenvalue weighted by Gasteiger charge is -1.98. The van der Waals surface area contributed by atoms with E-state index in [1.54, 1.807) is 26.0 Å². The zero-order valence-corrected chi connectivity index (χ0v) is 9.07. The normalized spacial score (nSPS) is 12.8. The van der Waals surface area contributed by atoms with E-state index in [0.717, 1.165) is 5.56 Å². The van der Waals surface area contributed by atoms with Crippen molar-refractivity contribution in [3.8, 4) is 11.4 Å². The van der Waals surface area contributed by atoms with Crippen molar-refractivity contribution in [2.24, 2.45) is 5.73 Å². The van der Waals surface area contributed by atoms with Crippen LogP contribution in [-0.2, 0) is 0 Å². The summed E-state index contributed by atoms with van der Waals surface area (Å²) >= 11 is 0. The van der Waals surface area contributed by atoms with Crippen LogP contribution in [0.2, 0.25) is 0 Å². The number of aryl methyl sites for hydroxylation is 1. The summed E-state index contributed by atoms with van der Waals surface area (Å²) in [5.74, 6) is 0.548. The second-order valence-corrected chi connectivity index (χ2v) is 3.71. The number of halogens is 1. The number of benzene rings is 1. The Labute approximate surface area is 92.3 Å². The molecule has 0 aliphatic rings. The maximum atomic E-state index is 13.1. The monoisotopic (exact) mass is 221 g/mol. The van der Waals surface area contributed by atoms with Crippen LogP contribution in [0.4, 0.5) is 4.39 Å². The van der Waals surface area contributed by atoms with Crippen molar-refractivity contribution < 1.29 is 8.91 Å². The zero-order chi connectivity index (χ0) is 11.7. The van der Waals surface area contributed by atoms with Gasteiger partial charge >= 0.3 is 0 Å². The van der Waals surface area contributed by atoms with Crippen LogP contribution in [0.3, 0.4) is 0 Å². The average Bonchev–Trinajstić information content (AvgIpc) is 2.71. The van der Waals surface area contributed by atoms with Gasteiger partial charge in [-0.05, 0) is 37.6 Å². The molecule has 1 atom stereocenters. The minimum Gasteiger partial charge on any atom is -0.337 e. The van der Waals surface area contributed by atoms with Gasteiger partial charge in [0, 0.05) is 5.56 Å². The second-order valence-electron chi connectivity index (χ2n) is 3.71. The predicted octanol–water partition coefficient (Wildman–Crippen LogP) is 2.20. The Balaban J connectivity index is 2.39. The molecule has 0 saturated heterocycles. The highest BCUT2D eigenvalue weighted by molar-refractivity contribution is 5.55. The second kappa shape index (κ2) is 4.02. The standard InChI is InChI=1S/C11H12FN3O/c1-6-5-8(3-4-9(6)12)10-14-11(7(2)13)16-15-10/h3-5,7H,13H2,1-2H3/t7-/m0/s1.